The van der Waals surface area contributed by atoms with Crippen LogP contribution >= 0.6 is 0 Å². The number of anilines is 2. The summed E-state index contributed by atoms with van der Waals surface area (Å²) in [5.74, 6) is -0.923. The summed E-state index contributed by atoms with van der Waals surface area (Å²) in [6.07, 6.45) is 2.60. The van der Waals surface area contributed by atoms with E-state index in [1.165, 1.54) is 0 Å². The van der Waals surface area contributed by atoms with Crippen molar-refractivity contribution in [3.63, 3.8) is 0 Å². The van der Waals surface area contributed by atoms with Crippen molar-refractivity contribution >= 4 is 33.2 Å². The van der Waals surface area contributed by atoms with Crippen molar-refractivity contribution < 1.29 is 18.0 Å². The first-order valence-corrected chi connectivity index (χ1v) is 10.8. The number of sulfonamides is 1. The van der Waals surface area contributed by atoms with Gasteiger partial charge in [-0.1, -0.05) is 24.3 Å². The number of nitrogens with one attached hydrogen (secondary N) is 2. The third-order valence-electron chi connectivity index (χ3n) is 4.03. The van der Waals surface area contributed by atoms with Crippen LogP contribution in [0.1, 0.15) is 21.5 Å². The number of hydrogen-bond donors (Lipinski definition) is 2. The molecule has 8 heteroatoms. The largest absolute Gasteiger partial charge is 0.349 e. The maximum absolute atomic E-state index is 12.6. The molecular formula is C21H25N3O4S. The third-order valence-corrected chi connectivity index (χ3v) is 5.18. The Bertz CT molecular complexity index is 1010. The molecule has 0 aromatic heterocycles. The van der Waals surface area contributed by atoms with Gasteiger partial charge in [-0.05, 0) is 49.2 Å². The first-order chi connectivity index (χ1) is 13.6. The Kier molecular flexibility index (Phi) is 7.17. The van der Waals surface area contributed by atoms with Crippen LogP contribution in [0.25, 0.3) is 0 Å². The highest BCUT2D eigenvalue weighted by Gasteiger charge is 2.22. The second-order valence-electron chi connectivity index (χ2n) is 6.71. The van der Waals surface area contributed by atoms with Crippen molar-refractivity contribution in [2.45, 2.75) is 13.8 Å². The van der Waals surface area contributed by atoms with E-state index in [9.17, 15) is 18.0 Å². The molecule has 0 bridgehead atoms. The predicted molar refractivity (Wildman–Crippen MR) is 116 cm³/mol. The van der Waals surface area contributed by atoms with E-state index in [0.29, 0.717) is 11.4 Å². The molecule has 7 nitrogen and oxygen atoms in total. The molecule has 2 aromatic carbocycles. The van der Waals surface area contributed by atoms with Gasteiger partial charge >= 0.3 is 0 Å². The fourth-order valence-electron chi connectivity index (χ4n) is 2.87. The molecule has 0 aliphatic rings. The van der Waals surface area contributed by atoms with E-state index in [2.05, 4.69) is 17.2 Å². The minimum absolute atomic E-state index is 0.278. The molecule has 0 aliphatic carbocycles. The van der Waals surface area contributed by atoms with E-state index < -0.39 is 22.5 Å². The van der Waals surface area contributed by atoms with Crippen LogP contribution in [-0.2, 0) is 14.8 Å². The highest BCUT2D eigenvalue weighted by atomic mass is 32.2. The van der Waals surface area contributed by atoms with Crippen LogP contribution in [0.4, 0.5) is 11.4 Å². The predicted octanol–water partition coefficient (Wildman–Crippen LogP) is 2.62. The van der Waals surface area contributed by atoms with Gasteiger partial charge in [-0.25, -0.2) is 8.42 Å². The van der Waals surface area contributed by atoms with Crippen LogP contribution in [0.2, 0.25) is 0 Å². The first-order valence-electron chi connectivity index (χ1n) is 8.96. The van der Waals surface area contributed by atoms with Gasteiger partial charge in [-0.15, -0.1) is 6.58 Å². The second kappa shape index (κ2) is 9.38. The van der Waals surface area contributed by atoms with Gasteiger partial charge in [0.25, 0.3) is 5.91 Å². The van der Waals surface area contributed by atoms with Crippen molar-refractivity contribution in [1.82, 2.24) is 5.32 Å². The number of aryl methyl sites for hydroxylation is 2. The summed E-state index contributed by atoms with van der Waals surface area (Å²) in [5.41, 5.74) is 2.77. The van der Waals surface area contributed by atoms with Crippen molar-refractivity contribution in [3.05, 3.63) is 71.8 Å². The highest BCUT2D eigenvalue weighted by molar-refractivity contribution is 7.92. The molecule has 154 valence electrons. The molecule has 29 heavy (non-hydrogen) atoms. The Morgan fingerprint density at radius 2 is 1.72 bits per heavy atom. The average Bonchev–Trinajstić information content (AvgIpc) is 2.63. The summed E-state index contributed by atoms with van der Waals surface area (Å²) in [6, 6.07) is 11.8. The number of benzene rings is 2. The first kappa shape index (κ1) is 22.2. The van der Waals surface area contributed by atoms with E-state index in [0.717, 1.165) is 21.7 Å². The molecule has 0 aliphatic heterocycles. The third kappa shape index (κ3) is 6.18. The van der Waals surface area contributed by atoms with Crippen LogP contribution in [0.15, 0.2) is 55.1 Å². The lowest BCUT2D eigenvalue weighted by Crippen LogP contribution is -2.38. The van der Waals surface area contributed by atoms with Crippen LogP contribution in [0.5, 0.6) is 0 Å². The number of nitrogens with zero attached hydrogens (tertiary/aromatic N) is 1. The minimum atomic E-state index is -3.70. The Hall–Kier alpha value is -3.13. The molecule has 2 amide bonds. The van der Waals surface area contributed by atoms with E-state index in [1.54, 1.807) is 42.5 Å². The van der Waals surface area contributed by atoms with Crippen molar-refractivity contribution in [3.8, 4) is 0 Å². The molecule has 2 aromatic rings. The maximum Gasteiger partial charge on any atom is 0.253 e. The lowest BCUT2D eigenvalue weighted by molar-refractivity contribution is -0.114. The zero-order valence-corrected chi connectivity index (χ0v) is 17.5. The SMILES string of the molecule is C=CCNC(=O)c1ccccc1NC(=O)CN(c1cc(C)cc(C)c1)S(C)(=O)=O. The maximum atomic E-state index is 12.6. The summed E-state index contributed by atoms with van der Waals surface area (Å²) in [5, 5.41) is 5.29. The normalized spacial score (nSPS) is 10.9. The second-order valence-corrected chi connectivity index (χ2v) is 8.61. The van der Waals surface area contributed by atoms with Gasteiger partial charge in [0.15, 0.2) is 0 Å². The standard InChI is InChI=1S/C21H25N3O4S/c1-5-10-22-21(26)18-8-6-7-9-19(18)23-20(25)14-24(29(4,27)28)17-12-15(2)11-16(3)13-17/h5-9,11-13H,1,10,14H2,2-4H3,(H,22,26)(H,23,25). The van der Waals surface area contributed by atoms with E-state index in [4.69, 9.17) is 0 Å². The van der Waals surface area contributed by atoms with Gasteiger partial charge in [-0.2, -0.15) is 0 Å². The molecule has 0 saturated carbocycles. The number of hydrogen-bond acceptors (Lipinski definition) is 4. The minimum Gasteiger partial charge on any atom is -0.349 e. The summed E-state index contributed by atoms with van der Waals surface area (Å²) in [6.45, 7) is 7.13. The number of carbonyl (C=O) groups is 2. The van der Waals surface area contributed by atoms with E-state index in [1.807, 2.05) is 19.9 Å². The molecule has 2 N–H and O–H groups in total. The van der Waals surface area contributed by atoms with Crippen LogP contribution in [0.3, 0.4) is 0 Å². The Labute approximate surface area is 171 Å². The fraction of sp³-hybridized carbons (Fsp3) is 0.238. The highest BCUT2D eigenvalue weighted by Crippen LogP contribution is 2.22. The molecule has 0 radical (unpaired) electrons. The van der Waals surface area contributed by atoms with Crippen LogP contribution < -0.4 is 14.9 Å². The number of para-hydroxylation sites is 1. The number of amides is 2. The molecule has 0 saturated heterocycles. The lowest BCUT2D eigenvalue weighted by Gasteiger charge is -2.23. The smallest absolute Gasteiger partial charge is 0.253 e. The fourth-order valence-corrected chi connectivity index (χ4v) is 3.71. The zero-order valence-electron chi connectivity index (χ0n) is 16.7. The van der Waals surface area contributed by atoms with Crippen molar-refractivity contribution in [1.29, 1.82) is 0 Å². The Balaban J connectivity index is 2.26. The van der Waals surface area contributed by atoms with Gasteiger partial charge in [0, 0.05) is 6.54 Å². The molecule has 0 atom stereocenters. The quantitative estimate of drug-likeness (QED) is 0.648. The lowest BCUT2D eigenvalue weighted by atomic mass is 10.1. The summed E-state index contributed by atoms with van der Waals surface area (Å²) in [7, 11) is -3.70. The van der Waals surface area contributed by atoms with Crippen molar-refractivity contribution in [2.24, 2.45) is 0 Å². The zero-order chi connectivity index (χ0) is 21.6. The van der Waals surface area contributed by atoms with Crippen molar-refractivity contribution in [2.75, 3.05) is 29.0 Å². The van der Waals surface area contributed by atoms with Crippen LogP contribution in [-0.4, -0.2) is 39.6 Å². The molecule has 0 heterocycles. The molecule has 0 unspecified atom stereocenters. The molecule has 0 spiro atoms. The number of carbonyl (C=O) groups excluding carboxylic acids is 2. The number of rotatable bonds is 8. The van der Waals surface area contributed by atoms with Gasteiger partial charge in [-0.3, -0.25) is 13.9 Å². The summed E-state index contributed by atoms with van der Waals surface area (Å²) < 4.78 is 25.7. The van der Waals surface area contributed by atoms with Crippen LogP contribution in [0, 0.1) is 13.8 Å². The molecule has 2 rings (SSSR count). The average molecular weight is 416 g/mol. The van der Waals surface area contributed by atoms with Gasteiger partial charge < -0.3 is 10.6 Å². The monoisotopic (exact) mass is 415 g/mol. The summed E-state index contributed by atoms with van der Waals surface area (Å²) in [4.78, 5) is 24.9. The molecule has 0 fully saturated rings. The van der Waals surface area contributed by atoms with E-state index >= 15 is 0 Å². The van der Waals surface area contributed by atoms with E-state index in [-0.39, 0.29) is 18.0 Å². The Morgan fingerprint density at radius 3 is 2.31 bits per heavy atom. The topological polar surface area (TPSA) is 95.6 Å². The van der Waals surface area contributed by atoms with Gasteiger partial charge in [0.1, 0.15) is 6.54 Å². The Morgan fingerprint density at radius 1 is 1.10 bits per heavy atom. The summed E-state index contributed by atoms with van der Waals surface area (Å²) >= 11 is 0. The molecular weight excluding hydrogens is 390 g/mol. The van der Waals surface area contributed by atoms with Gasteiger partial charge in [0.2, 0.25) is 15.9 Å². The van der Waals surface area contributed by atoms with Gasteiger partial charge in [0.05, 0.1) is 23.2 Å².